The highest BCUT2D eigenvalue weighted by Gasteiger charge is 2.10. The van der Waals surface area contributed by atoms with Gasteiger partial charge in [-0.1, -0.05) is 6.92 Å². The number of hydrogen-bond acceptors (Lipinski definition) is 4. The van der Waals surface area contributed by atoms with Crippen LogP contribution in [0.5, 0.6) is 0 Å². The van der Waals surface area contributed by atoms with Crippen LogP contribution in [0.3, 0.4) is 0 Å². The molecule has 0 aliphatic carbocycles. The zero-order valence-electron chi connectivity index (χ0n) is 9.74. The smallest absolute Gasteiger partial charge is 0.146 e. The van der Waals surface area contributed by atoms with Gasteiger partial charge in [-0.25, -0.2) is 18.7 Å². The predicted octanol–water partition coefficient (Wildman–Crippen LogP) is 2.64. The number of nitrogens with zero attached hydrogens (tertiary/aromatic N) is 2. The third-order valence-electron chi connectivity index (χ3n) is 2.51. The van der Waals surface area contributed by atoms with Crippen molar-refractivity contribution in [2.75, 3.05) is 11.1 Å². The minimum absolute atomic E-state index is 0.0165. The summed E-state index contributed by atoms with van der Waals surface area (Å²) in [5, 5.41) is 2.73. The Hall–Kier alpha value is -2.24. The third-order valence-corrected chi connectivity index (χ3v) is 2.51. The minimum Gasteiger partial charge on any atom is -0.383 e. The van der Waals surface area contributed by atoms with Crippen LogP contribution in [0.15, 0.2) is 24.5 Å². The Kier molecular flexibility index (Phi) is 3.36. The third kappa shape index (κ3) is 2.37. The molecule has 4 nitrogen and oxygen atoms in total. The van der Waals surface area contributed by atoms with E-state index >= 15 is 0 Å². The first-order chi connectivity index (χ1) is 8.61. The summed E-state index contributed by atoms with van der Waals surface area (Å²) in [5.41, 5.74) is 6.38. The Balaban J connectivity index is 2.40. The van der Waals surface area contributed by atoms with E-state index in [9.17, 15) is 8.78 Å². The molecule has 2 rings (SSSR count). The fourth-order valence-electron chi connectivity index (χ4n) is 1.60. The van der Waals surface area contributed by atoms with E-state index in [0.717, 1.165) is 18.2 Å². The van der Waals surface area contributed by atoms with Gasteiger partial charge in [0, 0.05) is 11.6 Å². The van der Waals surface area contributed by atoms with E-state index in [2.05, 4.69) is 15.3 Å². The molecule has 6 heteroatoms. The van der Waals surface area contributed by atoms with Crippen molar-refractivity contribution in [2.24, 2.45) is 0 Å². The van der Waals surface area contributed by atoms with Crippen molar-refractivity contribution in [3.05, 3.63) is 41.7 Å². The Morgan fingerprint density at radius 1 is 1.28 bits per heavy atom. The van der Waals surface area contributed by atoms with E-state index in [1.54, 1.807) is 0 Å². The lowest BCUT2D eigenvalue weighted by Crippen LogP contribution is -2.05. The maximum Gasteiger partial charge on any atom is 0.146 e. The summed E-state index contributed by atoms with van der Waals surface area (Å²) in [6.07, 6.45) is 1.86. The second-order valence-corrected chi connectivity index (χ2v) is 3.69. The minimum atomic E-state index is -0.560. The van der Waals surface area contributed by atoms with Crippen LogP contribution in [-0.2, 0) is 6.42 Å². The van der Waals surface area contributed by atoms with Gasteiger partial charge in [0.15, 0.2) is 0 Å². The molecule has 2 aromatic rings. The quantitative estimate of drug-likeness (QED) is 0.879. The van der Waals surface area contributed by atoms with Crippen molar-refractivity contribution in [3.63, 3.8) is 0 Å². The number of rotatable bonds is 3. The first-order valence-corrected chi connectivity index (χ1v) is 5.43. The second kappa shape index (κ2) is 4.95. The number of halogens is 2. The molecule has 1 aromatic carbocycles. The van der Waals surface area contributed by atoms with Crippen LogP contribution in [0.1, 0.15) is 12.5 Å². The van der Waals surface area contributed by atoms with Gasteiger partial charge < -0.3 is 11.1 Å². The molecule has 0 saturated carbocycles. The van der Waals surface area contributed by atoms with Gasteiger partial charge in [-0.3, -0.25) is 0 Å². The Morgan fingerprint density at radius 3 is 2.78 bits per heavy atom. The number of nitrogen functional groups attached to an aromatic ring is 1. The van der Waals surface area contributed by atoms with Crippen molar-refractivity contribution in [1.29, 1.82) is 0 Å². The van der Waals surface area contributed by atoms with Gasteiger partial charge in [0.1, 0.15) is 29.6 Å². The topological polar surface area (TPSA) is 63.8 Å². The lowest BCUT2D eigenvalue weighted by molar-refractivity contribution is 0.603. The molecule has 0 spiro atoms. The molecule has 1 aromatic heterocycles. The summed E-state index contributed by atoms with van der Waals surface area (Å²) in [6, 6.07) is 3.16. The standard InChI is InChI=1S/C12H12F2N4/c1-2-8-11(15)16-6-17-12(8)18-10-5-7(13)3-4-9(10)14/h3-6H,2H2,1H3,(H3,15,16,17,18). The molecule has 0 atom stereocenters. The fourth-order valence-corrected chi connectivity index (χ4v) is 1.60. The molecule has 1 heterocycles. The zero-order chi connectivity index (χ0) is 13.1. The lowest BCUT2D eigenvalue weighted by Gasteiger charge is -2.11. The van der Waals surface area contributed by atoms with E-state index in [0.29, 0.717) is 23.6 Å². The average Bonchev–Trinajstić information content (AvgIpc) is 2.34. The molecule has 0 unspecified atom stereocenters. The van der Waals surface area contributed by atoms with Crippen molar-refractivity contribution >= 4 is 17.3 Å². The molecule has 0 bridgehead atoms. The number of benzene rings is 1. The van der Waals surface area contributed by atoms with Gasteiger partial charge in [0.05, 0.1) is 5.69 Å². The summed E-state index contributed by atoms with van der Waals surface area (Å²) >= 11 is 0. The van der Waals surface area contributed by atoms with Gasteiger partial charge in [0.2, 0.25) is 0 Å². The molecule has 94 valence electrons. The van der Waals surface area contributed by atoms with Crippen molar-refractivity contribution in [1.82, 2.24) is 9.97 Å². The maximum atomic E-state index is 13.5. The van der Waals surface area contributed by atoms with Crippen molar-refractivity contribution < 1.29 is 8.78 Å². The number of nitrogens with two attached hydrogens (primary N) is 1. The Bertz CT molecular complexity index is 572. The van der Waals surface area contributed by atoms with Crippen LogP contribution >= 0.6 is 0 Å². The second-order valence-electron chi connectivity index (χ2n) is 3.69. The number of hydrogen-bond donors (Lipinski definition) is 2. The molecule has 18 heavy (non-hydrogen) atoms. The highest BCUT2D eigenvalue weighted by atomic mass is 19.1. The summed E-state index contributed by atoms with van der Waals surface area (Å²) in [5.74, 6) is -0.379. The Labute approximate surface area is 103 Å². The number of aromatic nitrogens is 2. The monoisotopic (exact) mass is 250 g/mol. The van der Waals surface area contributed by atoms with Crippen LogP contribution in [0.4, 0.5) is 26.1 Å². The first-order valence-electron chi connectivity index (χ1n) is 5.43. The van der Waals surface area contributed by atoms with Crippen LogP contribution < -0.4 is 11.1 Å². The molecular weight excluding hydrogens is 238 g/mol. The van der Waals surface area contributed by atoms with Gasteiger partial charge in [-0.05, 0) is 18.6 Å². The zero-order valence-corrected chi connectivity index (χ0v) is 9.74. The Morgan fingerprint density at radius 2 is 2.06 bits per heavy atom. The molecule has 0 amide bonds. The van der Waals surface area contributed by atoms with E-state index in [4.69, 9.17) is 5.73 Å². The maximum absolute atomic E-state index is 13.5. The number of anilines is 3. The summed E-state index contributed by atoms with van der Waals surface area (Å²) in [6.45, 7) is 1.88. The van der Waals surface area contributed by atoms with E-state index in [-0.39, 0.29) is 5.69 Å². The normalized spacial score (nSPS) is 10.4. The van der Waals surface area contributed by atoms with Gasteiger partial charge >= 0.3 is 0 Å². The van der Waals surface area contributed by atoms with Crippen LogP contribution in [0, 0.1) is 11.6 Å². The molecular formula is C12H12F2N4. The van der Waals surface area contributed by atoms with E-state index in [1.807, 2.05) is 6.92 Å². The molecule has 0 saturated heterocycles. The lowest BCUT2D eigenvalue weighted by atomic mass is 10.2. The summed E-state index contributed by atoms with van der Waals surface area (Å²) in [4.78, 5) is 7.84. The van der Waals surface area contributed by atoms with E-state index in [1.165, 1.54) is 6.33 Å². The number of nitrogens with one attached hydrogen (secondary N) is 1. The summed E-state index contributed by atoms with van der Waals surface area (Å²) in [7, 11) is 0. The summed E-state index contributed by atoms with van der Waals surface area (Å²) < 4.78 is 26.5. The SMILES string of the molecule is CCc1c(N)ncnc1Nc1cc(F)ccc1F. The largest absolute Gasteiger partial charge is 0.383 e. The predicted molar refractivity (Wildman–Crippen MR) is 65.5 cm³/mol. The first kappa shape index (κ1) is 12.2. The highest BCUT2D eigenvalue weighted by Crippen LogP contribution is 2.24. The van der Waals surface area contributed by atoms with Gasteiger partial charge in [0.25, 0.3) is 0 Å². The molecule has 0 aliphatic heterocycles. The average molecular weight is 250 g/mol. The molecule has 0 aliphatic rings. The van der Waals surface area contributed by atoms with Gasteiger partial charge in [-0.2, -0.15) is 0 Å². The van der Waals surface area contributed by atoms with Crippen molar-refractivity contribution in [3.8, 4) is 0 Å². The van der Waals surface area contributed by atoms with E-state index < -0.39 is 11.6 Å². The molecule has 3 N–H and O–H groups in total. The van der Waals surface area contributed by atoms with Crippen molar-refractivity contribution in [2.45, 2.75) is 13.3 Å². The molecule has 0 fully saturated rings. The van der Waals surface area contributed by atoms with Crippen LogP contribution in [0.25, 0.3) is 0 Å². The highest BCUT2D eigenvalue weighted by molar-refractivity contribution is 5.64. The fraction of sp³-hybridized carbons (Fsp3) is 0.167. The van der Waals surface area contributed by atoms with Crippen LogP contribution in [0.2, 0.25) is 0 Å². The van der Waals surface area contributed by atoms with Crippen LogP contribution in [-0.4, -0.2) is 9.97 Å². The van der Waals surface area contributed by atoms with Gasteiger partial charge in [-0.15, -0.1) is 0 Å². The molecule has 0 radical (unpaired) electrons.